The van der Waals surface area contributed by atoms with Crippen molar-refractivity contribution in [3.63, 3.8) is 0 Å². The predicted octanol–water partition coefficient (Wildman–Crippen LogP) is 6.13. The summed E-state index contributed by atoms with van der Waals surface area (Å²) in [6.45, 7) is 7.71. The van der Waals surface area contributed by atoms with Crippen LogP contribution >= 0.6 is 0 Å². The van der Waals surface area contributed by atoms with Crippen molar-refractivity contribution in [2.45, 2.75) is 74.9 Å². The highest BCUT2D eigenvalue weighted by Crippen LogP contribution is 2.66. The molecule has 4 atom stereocenters. The lowest BCUT2D eigenvalue weighted by atomic mass is 9.91. The number of benzene rings is 2. The third kappa shape index (κ3) is 2.05. The van der Waals surface area contributed by atoms with Crippen molar-refractivity contribution in [3.8, 4) is 0 Å². The van der Waals surface area contributed by atoms with Crippen LogP contribution in [0, 0.1) is 0 Å². The SMILES string of the molecule is CC(C)(C)[Si@@]1(C2CC3CC2c2ccccc23)CCCc2ccccc21. The van der Waals surface area contributed by atoms with Crippen LogP contribution in [0.3, 0.4) is 0 Å². The van der Waals surface area contributed by atoms with Crippen LogP contribution in [0.1, 0.15) is 68.6 Å². The number of hydrogen-bond donors (Lipinski definition) is 0. The fourth-order valence-corrected chi connectivity index (χ4v) is 14.3. The highest BCUT2D eigenvalue weighted by molar-refractivity contribution is 6.96. The van der Waals surface area contributed by atoms with E-state index in [4.69, 9.17) is 0 Å². The van der Waals surface area contributed by atoms with Crippen molar-refractivity contribution >= 4 is 13.3 Å². The quantitative estimate of drug-likeness (QED) is 0.545. The fraction of sp³-hybridized carbons (Fsp3) is 0.500. The molecular formula is C24H30Si. The van der Waals surface area contributed by atoms with Gasteiger partial charge < -0.3 is 0 Å². The Morgan fingerprint density at radius 2 is 1.60 bits per heavy atom. The molecule has 0 saturated heterocycles. The molecule has 25 heavy (non-hydrogen) atoms. The first-order valence-electron chi connectivity index (χ1n) is 10.2. The number of fused-ring (bicyclic) bond motifs is 6. The molecule has 0 amide bonds. The van der Waals surface area contributed by atoms with Gasteiger partial charge in [-0.2, -0.15) is 0 Å². The molecular weight excluding hydrogens is 316 g/mol. The van der Waals surface area contributed by atoms with E-state index in [2.05, 4.69) is 69.3 Å². The third-order valence-electron chi connectivity index (χ3n) is 7.88. The largest absolute Gasteiger partial charge is 0.0960 e. The van der Waals surface area contributed by atoms with Gasteiger partial charge in [0.2, 0.25) is 0 Å². The van der Waals surface area contributed by atoms with E-state index in [1.165, 1.54) is 31.7 Å². The Morgan fingerprint density at radius 1 is 0.880 bits per heavy atom. The Hall–Kier alpha value is -1.34. The van der Waals surface area contributed by atoms with Gasteiger partial charge in [-0.25, -0.2) is 0 Å². The molecule has 0 aromatic heterocycles. The van der Waals surface area contributed by atoms with E-state index < -0.39 is 8.07 Å². The summed E-state index contributed by atoms with van der Waals surface area (Å²) in [5.74, 6) is 1.67. The van der Waals surface area contributed by atoms with E-state index in [9.17, 15) is 0 Å². The summed E-state index contributed by atoms with van der Waals surface area (Å²) in [4.78, 5) is 0. The molecule has 3 aliphatic rings. The minimum Gasteiger partial charge on any atom is -0.0627 e. The van der Waals surface area contributed by atoms with Gasteiger partial charge in [-0.05, 0) is 58.4 Å². The van der Waals surface area contributed by atoms with E-state index in [-0.39, 0.29) is 0 Å². The zero-order valence-corrected chi connectivity index (χ0v) is 16.9. The molecule has 1 saturated carbocycles. The molecule has 5 rings (SSSR count). The van der Waals surface area contributed by atoms with Crippen molar-refractivity contribution in [1.82, 2.24) is 0 Å². The van der Waals surface area contributed by atoms with Crippen molar-refractivity contribution < 1.29 is 0 Å². The molecule has 0 radical (unpaired) electrons. The Balaban J connectivity index is 1.69. The van der Waals surface area contributed by atoms with Crippen LogP contribution in [-0.4, -0.2) is 8.07 Å². The molecule has 1 aliphatic heterocycles. The van der Waals surface area contributed by atoms with Gasteiger partial charge in [-0.1, -0.05) is 87.0 Å². The van der Waals surface area contributed by atoms with Gasteiger partial charge in [0.15, 0.2) is 0 Å². The molecule has 0 N–H and O–H groups in total. The first kappa shape index (κ1) is 15.9. The zero-order valence-electron chi connectivity index (χ0n) is 15.9. The fourth-order valence-electron chi connectivity index (χ4n) is 6.99. The van der Waals surface area contributed by atoms with Gasteiger partial charge in [-0.3, -0.25) is 0 Å². The predicted molar refractivity (Wildman–Crippen MR) is 110 cm³/mol. The molecule has 2 aromatic carbocycles. The van der Waals surface area contributed by atoms with E-state index in [0.29, 0.717) is 5.04 Å². The summed E-state index contributed by atoms with van der Waals surface area (Å²) in [5, 5.41) is 2.26. The minimum absolute atomic E-state index is 0.438. The maximum absolute atomic E-state index is 2.57. The number of hydrogen-bond acceptors (Lipinski definition) is 0. The van der Waals surface area contributed by atoms with Crippen molar-refractivity contribution in [1.29, 1.82) is 0 Å². The highest BCUT2D eigenvalue weighted by atomic mass is 28.3. The second-order valence-electron chi connectivity index (χ2n) is 9.74. The van der Waals surface area contributed by atoms with Gasteiger partial charge in [0.1, 0.15) is 0 Å². The Morgan fingerprint density at radius 3 is 2.40 bits per heavy atom. The van der Waals surface area contributed by atoms with E-state index in [0.717, 1.165) is 17.4 Å². The molecule has 0 nitrogen and oxygen atoms in total. The molecule has 1 heterocycles. The molecule has 130 valence electrons. The average Bonchev–Trinajstić information content (AvgIpc) is 3.20. The summed E-state index contributed by atoms with van der Waals surface area (Å²) in [7, 11) is -1.59. The molecule has 1 fully saturated rings. The number of rotatable bonds is 1. The lowest BCUT2D eigenvalue weighted by Gasteiger charge is -2.53. The standard InChI is InChI=1S/C24H30Si/c1-24(2,3)25(14-8-10-17-9-4-7-13-22(17)25)23-16-18-15-21(23)20-12-6-5-11-19(18)20/h4-7,9,11-13,18,21,23H,8,10,14-16H2,1-3H3/t18?,21?,23?,25-/m0/s1. The monoisotopic (exact) mass is 346 g/mol. The summed E-state index contributed by atoms with van der Waals surface area (Å²) < 4.78 is 0. The van der Waals surface area contributed by atoms with Crippen molar-refractivity contribution in [2.24, 2.45) is 0 Å². The minimum atomic E-state index is -1.59. The van der Waals surface area contributed by atoms with Crippen LogP contribution in [0.25, 0.3) is 0 Å². The maximum Gasteiger partial charge on any atom is 0.0960 e. The molecule has 2 aromatic rings. The van der Waals surface area contributed by atoms with Crippen LogP contribution in [0.2, 0.25) is 16.6 Å². The van der Waals surface area contributed by atoms with E-state index in [1.807, 2.05) is 5.19 Å². The normalized spacial score (nSPS) is 33.2. The molecule has 1 heteroatoms. The van der Waals surface area contributed by atoms with Crippen LogP contribution in [0.15, 0.2) is 48.5 Å². The smallest absolute Gasteiger partial charge is 0.0627 e. The van der Waals surface area contributed by atoms with E-state index >= 15 is 0 Å². The Kier molecular flexibility index (Phi) is 3.38. The molecule has 3 unspecified atom stereocenters. The lowest BCUT2D eigenvalue weighted by Crippen LogP contribution is -2.61. The van der Waals surface area contributed by atoms with Gasteiger partial charge in [0, 0.05) is 0 Å². The lowest BCUT2D eigenvalue weighted by molar-refractivity contribution is 0.609. The number of aryl methyl sites for hydroxylation is 1. The van der Waals surface area contributed by atoms with Gasteiger partial charge in [0.25, 0.3) is 0 Å². The van der Waals surface area contributed by atoms with Gasteiger partial charge in [-0.15, -0.1) is 0 Å². The third-order valence-corrected chi connectivity index (χ3v) is 15.1. The molecule has 2 bridgehead atoms. The topological polar surface area (TPSA) is 0 Å². The second kappa shape index (κ2) is 5.33. The maximum atomic E-state index is 2.57. The summed E-state index contributed by atoms with van der Waals surface area (Å²) in [6.07, 6.45) is 5.60. The molecule has 2 aliphatic carbocycles. The van der Waals surface area contributed by atoms with E-state index in [1.54, 1.807) is 16.7 Å². The molecule has 0 spiro atoms. The van der Waals surface area contributed by atoms with Gasteiger partial charge in [0.05, 0.1) is 8.07 Å². The van der Waals surface area contributed by atoms with Crippen LogP contribution in [0.4, 0.5) is 0 Å². The van der Waals surface area contributed by atoms with Gasteiger partial charge >= 0.3 is 0 Å². The first-order chi connectivity index (χ1) is 12.0. The highest BCUT2D eigenvalue weighted by Gasteiger charge is 2.59. The summed E-state index contributed by atoms with van der Waals surface area (Å²) in [5.41, 5.74) is 6.02. The van der Waals surface area contributed by atoms with Crippen molar-refractivity contribution in [3.05, 3.63) is 65.2 Å². The average molecular weight is 347 g/mol. The first-order valence-corrected chi connectivity index (χ1v) is 12.5. The van der Waals surface area contributed by atoms with Crippen molar-refractivity contribution in [2.75, 3.05) is 0 Å². The zero-order chi connectivity index (χ0) is 17.2. The summed E-state index contributed by atoms with van der Waals surface area (Å²) >= 11 is 0. The second-order valence-corrected chi connectivity index (χ2v) is 15.0. The van der Waals surface area contributed by atoms with Crippen LogP contribution in [0.5, 0.6) is 0 Å². The Labute approximate surface area is 153 Å². The summed E-state index contributed by atoms with van der Waals surface area (Å²) in [6, 6.07) is 20.4. The van der Waals surface area contributed by atoms with Crippen LogP contribution in [-0.2, 0) is 6.42 Å². The van der Waals surface area contributed by atoms with Crippen LogP contribution < -0.4 is 5.19 Å². The Bertz CT molecular complexity index is 815.